The topological polar surface area (TPSA) is 12.4 Å². The van der Waals surface area contributed by atoms with Crippen LogP contribution in [0.4, 0.5) is 13.2 Å². The van der Waals surface area contributed by atoms with Crippen molar-refractivity contribution in [2.24, 2.45) is 10.9 Å². The summed E-state index contributed by atoms with van der Waals surface area (Å²) in [4.78, 5) is 4.51. The SMILES string of the molecule is CC(=N/C(C)=C(\C)CC(C)C)c1ccc(C(F)(F)F)cc1. The van der Waals surface area contributed by atoms with Gasteiger partial charge in [0.1, 0.15) is 0 Å². The molecule has 0 aliphatic heterocycles. The van der Waals surface area contributed by atoms with Crippen LogP contribution >= 0.6 is 0 Å². The van der Waals surface area contributed by atoms with Gasteiger partial charge in [-0.1, -0.05) is 31.6 Å². The van der Waals surface area contributed by atoms with Gasteiger partial charge in [-0.2, -0.15) is 13.2 Å². The minimum absolute atomic E-state index is 0.557. The normalized spacial score (nSPS) is 14.4. The van der Waals surface area contributed by atoms with Crippen LogP contribution in [0.15, 0.2) is 40.5 Å². The van der Waals surface area contributed by atoms with Crippen LogP contribution in [0.1, 0.15) is 52.2 Å². The Morgan fingerprint density at radius 3 is 2.00 bits per heavy atom. The van der Waals surface area contributed by atoms with E-state index < -0.39 is 11.7 Å². The van der Waals surface area contributed by atoms with E-state index in [0.717, 1.165) is 30.0 Å². The van der Waals surface area contributed by atoms with Crippen molar-refractivity contribution in [3.8, 4) is 0 Å². The molecule has 0 aromatic heterocycles. The molecular formula is C17H22F3N. The average molecular weight is 297 g/mol. The molecule has 0 spiro atoms. The van der Waals surface area contributed by atoms with Gasteiger partial charge < -0.3 is 0 Å². The molecule has 0 heterocycles. The van der Waals surface area contributed by atoms with E-state index in [1.807, 2.05) is 20.8 Å². The number of benzene rings is 1. The van der Waals surface area contributed by atoms with Crippen LogP contribution in [0.3, 0.4) is 0 Å². The Balaban J connectivity index is 2.98. The van der Waals surface area contributed by atoms with Crippen molar-refractivity contribution in [1.29, 1.82) is 0 Å². The molecule has 116 valence electrons. The van der Waals surface area contributed by atoms with Gasteiger partial charge in [-0.15, -0.1) is 0 Å². The van der Waals surface area contributed by atoms with E-state index in [1.54, 1.807) is 0 Å². The van der Waals surface area contributed by atoms with Gasteiger partial charge in [-0.3, -0.25) is 4.99 Å². The molecule has 4 heteroatoms. The Morgan fingerprint density at radius 1 is 1.05 bits per heavy atom. The minimum atomic E-state index is -4.30. The van der Waals surface area contributed by atoms with Crippen LogP contribution < -0.4 is 0 Å². The number of rotatable bonds is 4. The van der Waals surface area contributed by atoms with E-state index in [1.165, 1.54) is 17.7 Å². The Bertz CT molecular complexity index is 534. The molecule has 0 radical (unpaired) electrons. The second-order valence-electron chi connectivity index (χ2n) is 5.74. The number of hydrogen-bond acceptors (Lipinski definition) is 1. The molecule has 1 rings (SSSR count). The standard InChI is InChI=1S/C17H22F3N/c1-11(2)10-12(3)13(4)21-14(5)15-6-8-16(9-7-15)17(18,19)20/h6-9,11H,10H2,1-5H3/b13-12+,21-14?. The Kier molecular flexibility index (Phi) is 5.76. The highest BCUT2D eigenvalue weighted by molar-refractivity contribution is 5.99. The molecule has 1 aromatic carbocycles. The third kappa shape index (κ3) is 5.37. The molecule has 0 aliphatic rings. The number of allylic oxidation sites excluding steroid dienone is 2. The van der Waals surface area contributed by atoms with Gasteiger partial charge in [0.05, 0.1) is 5.56 Å². The molecule has 0 fully saturated rings. The van der Waals surface area contributed by atoms with Crippen LogP contribution in [-0.4, -0.2) is 5.71 Å². The fourth-order valence-corrected chi connectivity index (χ4v) is 2.07. The summed E-state index contributed by atoms with van der Waals surface area (Å²) in [5, 5.41) is 0. The van der Waals surface area contributed by atoms with Crippen LogP contribution in [0.25, 0.3) is 0 Å². The highest BCUT2D eigenvalue weighted by atomic mass is 19.4. The molecule has 0 aliphatic carbocycles. The summed E-state index contributed by atoms with van der Waals surface area (Å²) >= 11 is 0. The zero-order valence-corrected chi connectivity index (χ0v) is 13.2. The first-order valence-corrected chi connectivity index (χ1v) is 7.00. The molecule has 0 N–H and O–H groups in total. The van der Waals surface area contributed by atoms with E-state index in [-0.39, 0.29) is 0 Å². The van der Waals surface area contributed by atoms with Gasteiger partial charge >= 0.3 is 6.18 Å². The van der Waals surface area contributed by atoms with Crippen LogP contribution in [0, 0.1) is 5.92 Å². The predicted octanol–water partition coefficient (Wildman–Crippen LogP) is 5.85. The second kappa shape index (κ2) is 6.92. The summed E-state index contributed by atoms with van der Waals surface area (Å²) in [7, 11) is 0. The molecule has 21 heavy (non-hydrogen) atoms. The maximum Gasteiger partial charge on any atom is 0.416 e. The quantitative estimate of drug-likeness (QED) is 0.618. The lowest BCUT2D eigenvalue weighted by Crippen LogP contribution is -2.05. The van der Waals surface area contributed by atoms with Crippen LogP contribution in [0.5, 0.6) is 0 Å². The van der Waals surface area contributed by atoms with Crippen LogP contribution in [0.2, 0.25) is 0 Å². The molecule has 1 aromatic rings. The summed E-state index contributed by atoms with van der Waals surface area (Å²) < 4.78 is 37.6. The molecule has 0 atom stereocenters. The molecule has 0 amide bonds. The number of hydrogen-bond donors (Lipinski definition) is 0. The summed E-state index contributed by atoms with van der Waals surface area (Å²) in [6.07, 6.45) is -3.33. The molecular weight excluding hydrogens is 275 g/mol. The molecule has 0 unspecified atom stereocenters. The predicted molar refractivity (Wildman–Crippen MR) is 81.5 cm³/mol. The lowest BCUT2D eigenvalue weighted by atomic mass is 10.0. The van der Waals surface area contributed by atoms with Crippen molar-refractivity contribution < 1.29 is 13.2 Å². The zero-order valence-electron chi connectivity index (χ0n) is 13.2. The van der Waals surface area contributed by atoms with Gasteiger partial charge in [-0.25, -0.2) is 0 Å². The third-order valence-electron chi connectivity index (χ3n) is 3.30. The summed E-state index contributed by atoms with van der Waals surface area (Å²) in [6, 6.07) is 5.11. The number of nitrogens with zero attached hydrogens (tertiary/aromatic N) is 1. The van der Waals surface area contributed by atoms with E-state index in [2.05, 4.69) is 18.8 Å². The van der Waals surface area contributed by atoms with Gasteiger partial charge in [0, 0.05) is 11.4 Å². The maximum atomic E-state index is 12.5. The van der Waals surface area contributed by atoms with Crippen molar-refractivity contribution in [3.63, 3.8) is 0 Å². The maximum absolute atomic E-state index is 12.5. The summed E-state index contributed by atoms with van der Waals surface area (Å²) in [5.74, 6) is 0.557. The van der Waals surface area contributed by atoms with Gasteiger partial charge in [-0.05, 0) is 50.8 Å². The van der Waals surface area contributed by atoms with Crippen molar-refractivity contribution >= 4 is 5.71 Å². The van der Waals surface area contributed by atoms with Crippen molar-refractivity contribution in [2.45, 2.75) is 47.2 Å². The van der Waals surface area contributed by atoms with Crippen LogP contribution in [-0.2, 0) is 6.18 Å². The first kappa shape index (κ1) is 17.5. The Hall–Kier alpha value is -1.58. The monoisotopic (exact) mass is 297 g/mol. The highest BCUT2D eigenvalue weighted by Gasteiger charge is 2.29. The van der Waals surface area contributed by atoms with E-state index in [9.17, 15) is 13.2 Å². The Morgan fingerprint density at radius 2 is 1.57 bits per heavy atom. The third-order valence-corrected chi connectivity index (χ3v) is 3.30. The van der Waals surface area contributed by atoms with Crippen molar-refractivity contribution in [1.82, 2.24) is 0 Å². The lowest BCUT2D eigenvalue weighted by Gasteiger charge is -2.09. The first-order chi connectivity index (χ1) is 9.61. The molecule has 0 saturated heterocycles. The number of alkyl halides is 3. The van der Waals surface area contributed by atoms with Crippen molar-refractivity contribution in [2.75, 3.05) is 0 Å². The number of halogens is 3. The van der Waals surface area contributed by atoms with E-state index in [4.69, 9.17) is 0 Å². The van der Waals surface area contributed by atoms with E-state index in [0.29, 0.717) is 11.5 Å². The minimum Gasteiger partial charge on any atom is -0.258 e. The largest absolute Gasteiger partial charge is 0.416 e. The molecule has 1 nitrogen and oxygen atoms in total. The highest BCUT2D eigenvalue weighted by Crippen LogP contribution is 2.29. The van der Waals surface area contributed by atoms with Crippen molar-refractivity contribution in [3.05, 3.63) is 46.7 Å². The van der Waals surface area contributed by atoms with Gasteiger partial charge in [0.2, 0.25) is 0 Å². The second-order valence-corrected chi connectivity index (χ2v) is 5.74. The van der Waals surface area contributed by atoms with Gasteiger partial charge in [0.25, 0.3) is 0 Å². The average Bonchev–Trinajstić information content (AvgIpc) is 2.36. The number of aliphatic imine (C=N–C) groups is 1. The smallest absolute Gasteiger partial charge is 0.258 e. The zero-order chi connectivity index (χ0) is 16.2. The van der Waals surface area contributed by atoms with E-state index >= 15 is 0 Å². The summed E-state index contributed by atoms with van der Waals surface area (Å²) in [6.45, 7) is 10.1. The summed E-state index contributed by atoms with van der Waals surface area (Å²) in [5.41, 5.74) is 2.93. The lowest BCUT2D eigenvalue weighted by molar-refractivity contribution is -0.137. The van der Waals surface area contributed by atoms with Gasteiger partial charge in [0.15, 0.2) is 0 Å². The fourth-order valence-electron chi connectivity index (χ4n) is 2.07. The molecule has 0 saturated carbocycles. The first-order valence-electron chi connectivity index (χ1n) is 7.00. The molecule has 0 bridgehead atoms. The Labute approximate surface area is 124 Å². The fraction of sp³-hybridized carbons (Fsp3) is 0.471.